The van der Waals surface area contributed by atoms with Crippen LogP contribution < -0.4 is 4.72 Å². The molecule has 1 aromatic heterocycles. The number of rotatable bonds is 4. The Labute approximate surface area is 133 Å². The molecule has 0 spiro atoms. The van der Waals surface area contributed by atoms with Crippen molar-refractivity contribution in [1.82, 2.24) is 4.98 Å². The van der Waals surface area contributed by atoms with E-state index in [4.69, 9.17) is 11.6 Å². The molecule has 1 heterocycles. The first-order valence-electron chi connectivity index (χ1n) is 5.37. The van der Waals surface area contributed by atoms with Gasteiger partial charge in [-0.3, -0.25) is 19.8 Å². The van der Waals surface area contributed by atoms with Gasteiger partial charge in [0.2, 0.25) is 0 Å². The van der Waals surface area contributed by atoms with Crippen molar-refractivity contribution < 1.29 is 13.3 Å². The molecule has 0 bridgehead atoms. The summed E-state index contributed by atoms with van der Waals surface area (Å²) in [7, 11) is -4.08. The molecule has 0 aliphatic carbocycles. The number of benzene rings is 1. The lowest BCUT2D eigenvalue weighted by Gasteiger charge is -2.09. The molecule has 0 atom stereocenters. The van der Waals surface area contributed by atoms with Crippen molar-refractivity contribution >= 4 is 48.9 Å². The molecule has 2 aromatic rings. The molecule has 0 radical (unpaired) electrons. The first kappa shape index (κ1) is 15.7. The largest absolute Gasteiger partial charge is 0.294 e. The van der Waals surface area contributed by atoms with E-state index in [1.54, 1.807) is 0 Å². The van der Waals surface area contributed by atoms with Crippen LogP contribution in [-0.4, -0.2) is 18.3 Å². The highest BCUT2D eigenvalue weighted by atomic mass is 79.9. The Kier molecular flexibility index (Phi) is 4.45. The second-order valence-corrected chi connectivity index (χ2v) is 6.80. The van der Waals surface area contributed by atoms with Gasteiger partial charge in [0.05, 0.1) is 9.95 Å². The van der Waals surface area contributed by atoms with Crippen molar-refractivity contribution in [2.24, 2.45) is 0 Å². The van der Waals surface area contributed by atoms with Crippen LogP contribution in [0.4, 0.5) is 11.4 Å². The van der Waals surface area contributed by atoms with E-state index >= 15 is 0 Å². The van der Waals surface area contributed by atoms with Crippen LogP contribution in [0.5, 0.6) is 0 Å². The fourth-order valence-corrected chi connectivity index (χ4v) is 3.36. The van der Waals surface area contributed by atoms with Crippen molar-refractivity contribution in [1.29, 1.82) is 0 Å². The molecule has 0 fully saturated rings. The molecule has 1 aromatic carbocycles. The van der Waals surface area contributed by atoms with Crippen LogP contribution in [0.1, 0.15) is 0 Å². The highest BCUT2D eigenvalue weighted by Gasteiger charge is 2.23. The van der Waals surface area contributed by atoms with E-state index in [1.165, 1.54) is 30.5 Å². The predicted octanol–water partition coefficient (Wildman–Crippen LogP) is 3.21. The van der Waals surface area contributed by atoms with Crippen LogP contribution >= 0.6 is 27.5 Å². The average molecular weight is 393 g/mol. The molecule has 0 aliphatic rings. The Morgan fingerprint density at radius 2 is 2.05 bits per heavy atom. The fraction of sp³-hybridized carbons (Fsp3) is 0. The summed E-state index contributed by atoms with van der Waals surface area (Å²) in [5, 5.41) is 10.9. The van der Waals surface area contributed by atoms with E-state index in [1.807, 2.05) is 0 Å². The Morgan fingerprint density at radius 3 is 2.67 bits per heavy atom. The van der Waals surface area contributed by atoms with Crippen LogP contribution in [-0.2, 0) is 10.0 Å². The molecule has 0 unspecified atom stereocenters. The molecule has 7 nitrogen and oxygen atoms in total. The lowest BCUT2D eigenvalue weighted by atomic mass is 10.3. The molecule has 110 valence electrons. The zero-order chi connectivity index (χ0) is 15.6. The average Bonchev–Trinajstić information content (AvgIpc) is 2.40. The molecule has 0 amide bonds. The standard InChI is InChI=1S/C11H7BrClN3O4S/c12-7-1-2-9(10(5-7)16(17)18)15-21(19,20)11-6-14-4-3-8(11)13/h1-6,15H. The first-order chi connectivity index (χ1) is 9.81. The Balaban J connectivity index is 2.47. The minimum atomic E-state index is -4.08. The highest BCUT2D eigenvalue weighted by molar-refractivity contribution is 9.10. The summed E-state index contributed by atoms with van der Waals surface area (Å²) in [6, 6.07) is 5.27. The normalized spacial score (nSPS) is 11.1. The summed E-state index contributed by atoms with van der Waals surface area (Å²) in [4.78, 5) is 13.7. The summed E-state index contributed by atoms with van der Waals surface area (Å²) < 4.78 is 27.0. The minimum absolute atomic E-state index is 0.0303. The first-order valence-corrected chi connectivity index (χ1v) is 8.03. The summed E-state index contributed by atoms with van der Waals surface area (Å²) in [5.41, 5.74) is -0.545. The van der Waals surface area contributed by atoms with Gasteiger partial charge >= 0.3 is 0 Å². The molecule has 1 N–H and O–H groups in total. The minimum Gasteiger partial charge on any atom is -0.273 e. The number of halogens is 2. The lowest BCUT2D eigenvalue weighted by molar-refractivity contribution is -0.384. The third-order valence-electron chi connectivity index (χ3n) is 2.42. The van der Waals surface area contributed by atoms with E-state index in [-0.39, 0.29) is 21.3 Å². The Bertz CT molecular complexity index is 813. The maximum absolute atomic E-state index is 12.2. The van der Waals surface area contributed by atoms with Crippen molar-refractivity contribution in [2.45, 2.75) is 4.90 Å². The van der Waals surface area contributed by atoms with E-state index in [9.17, 15) is 18.5 Å². The van der Waals surface area contributed by atoms with Gasteiger partial charge in [-0.2, -0.15) is 0 Å². The predicted molar refractivity (Wildman–Crippen MR) is 80.9 cm³/mol. The molecule has 0 aliphatic heterocycles. The van der Waals surface area contributed by atoms with Gasteiger partial charge in [-0.15, -0.1) is 0 Å². The maximum Gasteiger partial charge on any atom is 0.294 e. The third-order valence-corrected chi connectivity index (χ3v) is 4.75. The molecular formula is C11H7BrClN3O4S. The number of anilines is 1. The second-order valence-electron chi connectivity index (χ2n) is 3.83. The van der Waals surface area contributed by atoms with Gasteiger partial charge in [-0.05, 0) is 18.2 Å². The van der Waals surface area contributed by atoms with Crippen LogP contribution in [0, 0.1) is 10.1 Å². The summed E-state index contributed by atoms with van der Waals surface area (Å²) >= 11 is 8.89. The number of aromatic nitrogens is 1. The van der Waals surface area contributed by atoms with Crippen molar-refractivity contribution in [3.8, 4) is 0 Å². The van der Waals surface area contributed by atoms with Crippen LogP contribution in [0.2, 0.25) is 5.02 Å². The van der Waals surface area contributed by atoms with Crippen LogP contribution in [0.3, 0.4) is 0 Å². The van der Waals surface area contributed by atoms with Gasteiger partial charge in [0, 0.05) is 22.9 Å². The zero-order valence-corrected chi connectivity index (χ0v) is 13.3. The van der Waals surface area contributed by atoms with Gasteiger partial charge in [-0.25, -0.2) is 8.42 Å². The number of sulfonamides is 1. The van der Waals surface area contributed by atoms with Gasteiger partial charge in [-0.1, -0.05) is 27.5 Å². The van der Waals surface area contributed by atoms with Gasteiger partial charge in [0.25, 0.3) is 15.7 Å². The molecule has 10 heteroatoms. The summed E-state index contributed by atoms with van der Waals surface area (Å²) in [5.74, 6) is 0. The number of nitro benzene ring substituents is 1. The lowest BCUT2D eigenvalue weighted by Crippen LogP contribution is -2.14. The smallest absolute Gasteiger partial charge is 0.273 e. The zero-order valence-electron chi connectivity index (χ0n) is 10.2. The number of nitro groups is 1. The van der Waals surface area contributed by atoms with E-state index in [2.05, 4.69) is 25.6 Å². The topological polar surface area (TPSA) is 102 Å². The fourth-order valence-electron chi connectivity index (χ4n) is 1.50. The third kappa shape index (κ3) is 3.49. The number of pyridine rings is 1. The van der Waals surface area contributed by atoms with Crippen molar-refractivity contribution in [3.05, 3.63) is 56.3 Å². The molecule has 0 saturated heterocycles. The van der Waals surface area contributed by atoms with Crippen molar-refractivity contribution in [3.63, 3.8) is 0 Å². The Morgan fingerprint density at radius 1 is 1.33 bits per heavy atom. The summed E-state index contributed by atoms with van der Waals surface area (Å²) in [6.45, 7) is 0. The van der Waals surface area contributed by atoms with Gasteiger partial charge in [0.1, 0.15) is 10.6 Å². The summed E-state index contributed by atoms with van der Waals surface area (Å²) in [6.07, 6.45) is 2.40. The van der Waals surface area contributed by atoms with Crippen LogP contribution in [0.15, 0.2) is 46.0 Å². The Hall–Kier alpha value is -1.71. The molecule has 2 rings (SSSR count). The molecular weight excluding hydrogens is 386 g/mol. The van der Waals surface area contributed by atoms with E-state index in [0.717, 1.165) is 6.20 Å². The second kappa shape index (κ2) is 5.96. The SMILES string of the molecule is O=[N+]([O-])c1cc(Br)ccc1NS(=O)(=O)c1cnccc1Cl. The molecule has 0 saturated carbocycles. The maximum atomic E-state index is 12.2. The molecule has 21 heavy (non-hydrogen) atoms. The number of nitrogens with zero attached hydrogens (tertiary/aromatic N) is 2. The van der Waals surface area contributed by atoms with Gasteiger partial charge < -0.3 is 0 Å². The number of nitrogens with one attached hydrogen (secondary N) is 1. The van der Waals surface area contributed by atoms with Crippen molar-refractivity contribution in [2.75, 3.05) is 4.72 Å². The quantitative estimate of drug-likeness (QED) is 0.636. The van der Waals surface area contributed by atoms with Gasteiger partial charge in [0.15, 0.2) is 0 Å². The highest BCUT2D eigenvalue weighted by Crippen LogP contribution is 2.30. The monoisotopic (exact) mass is 391 g/mol. The number of hydrogen-bond donors (Lipinski definition) is 1. The number of hydrogen-bond acceptors (Lipinski definition) is 5. The van der Waals surface area contributed by atoms with Crippen LogP contribution in [0.25, 0.3) is 0 Å². The van der Waals surface area contributed by atoms with E-state index < -0.39 is 14.9 Å². The van der Waals surface area contributed by atoms with E-state index in [0.29, 0.717) is 4.47 Å².